The third-order valence-electron chi connectivity index (χ3n) is 4.02. The van der Waals surface area contributed by atoms with Crippen molar-refractivity contribution in [2.24, 2.45) is 0 Å². The fourth-order valence-corrected chi connectivity index (χ4v) is 2.63. The summed E-state index contributed by atoms with van der Waals surface area (Å²) >= 11 is 0. The lowest BCUT2D eigenvalue weighted by atomic mass is 10.1. The average Bonchev–Trinajstić information content (AvgIpc) is 3.12. The molecule has 0 radical (unpaired) electrons. The molecule has 0 bridgehead atoms. The fraction of sp³-hybridized carbons (Fsp3) is 0.250. The van der Waals surface area contributed by atoms with Gasteiger partial charge < -0.3 is 9.64 Å². The number of pyridine rings is 1. The Balaban J connectivity index is 1.77. The Morgan fingerprint density at radius 1 is 1.19 bits per heavy atom. The number of carbonyl (C=O) groups excluding carboxylic acids is 1. The van der Waals surface area contributed by atoms with Crippen LogP contribution >= 0.6 is 0 Å². The Kier molecular flexibility index (Phi) is 5.76. The van der Waals surface area contributed by atoms with Crippen molar-refractivity contribution in [3.63, 3.8) is 0 Å². The number of aryl methyl sites for hydroxylation is 1. The van der Waals surface area contributed by atoms with E-state index in [1.54, 1.807) is 29.1 Å². The van der Waals surface area contributed by atoms with Crippen molar-refractivity contribution in [1.82, 2.24) is 19.7 Å². The Morgan fingerprint density at radius 2 is 2.00 bits per heavy atom. The lowest BCUT2D eigenvalue weighted by Crippen LogP contribution is -2.33. The van der Waals surface area contributed by atoms with E-state index in [0.717, 1.165) is 16.9 Å². The summed E-state index contributed by atoms with van der Waals surface area (Å²) in [5, 5.41) is 4.29. The van der Waals surface area contributed by atoms with E-state index in [0.29, 0.717) is 25.3 Å². The number of hydrogen-bond acceptors (Lipinski definition) is 4. The molecule has 0 aliphatic carbocycles. The van der Waals surface area contributed by atoms with Crippen LogP contribution in [0.15, 0.2) is 61.1 Å². The van der Waals surface area contributed by atoms with Gasteiger partial charge in [0.05, 0.1) is 30.7 Å². The van der Waals surface area contributed by atoms with Gasteiger partial charge in [0, 0.05) is 31.6 Å². The van der Waals surface area contributed by atoms with Crippen LogP contribution < -0.4 is 0 Å². The lowest BCUT2D eigenvalue weighted by Gasteiger charge is -2.22. The van der Waals surface area contributed by atoms with Gasteiger partial charge in [0.1, 0.15) is 0 Å². The van der Waals surface area contributed by atoms with Gasteiger partial charge in [0.25, 0.3) is 5.91 Å². The zero-order chi connectivity index (χ0) is 18.4. The van der Waals surface area contributed by atoms with Crippen LogP contribution in [-0.4, -0.2) is 45.8 Å². The molecule has 3 aromatic rings. The van der Waals surface area contributed by atoms with Crippen LogP contribution in [0.1, 0.15) is 21.6 Å². The Bertz CT molecular complexity index is 844. The maximum absolute atomic E-state index is 12.9. The van der Waals surface area contributed by atoms with E-state index in [2.05, 4.69) is 10.1 Å². The number of ether oxygens (including phenoxy) is 1. The minimum absolute atomic E-state index is 0.0455. The van der Waals surface area contributed by atoms with Gasteiger partial charge in [-0.2, -0.15) is 5.10 Å². The fourth-order valence-electron chi connectivity index (χ4n) is 2.63. The number of hydrogen-bond donors (Lipinski definition) is 0. The molecule has 2 aromatic heterocycles. The third-order valence-corrected chi connectivity index (χ3v) is 4.02. The van der Waals surface area contributed by atoms with E-state index in [4.69, 9.17) is 4.74 Å². The maximum Gasteiger partial charge on any atom is 0.254 e. The predicted octanol–water partition coefficient (Wildman–Crippen LogP) is 2.86. The summed E-state index contributed by atoms with van der Waals surface area (Å²) in [6.07, 6.45) is 5.48. The minimum Gasteiger partial charge on any atom is -0.383 e. The average molecular weight is 350 g/mol. The molecule has 3 rings (SSSR count). The second-order valence-corrected chi connectivity index (χ2v) is 6.05. The minimum atomic E-state index is -0.0455. The monoisotopic (exact) mass is 350 g/mol. The van der Waals surface area contributed by atoms with Crippen LogP contribution in [0.25, 0.3) is 5.69 Å². The topological polar surface area (TPSA) is 60.2 Å². The van der Waals surface area contributed by atoms with E-state index in [-0.39, 0.29) is 5.91 Å². The number of nitrogens with zero attached hydrogens (tertiary/aromatic N) is 4. The second kappa shape index (κ2) is 8.40. The zero-order valence-corrected chi connectivity index (χ0v) is 15.0. The molecular formula is C20H22N4O2. The van der Waals surface area contributed by atoms with Crippen LogP contribution in [0.2, 0.25) is 0 Å². The van der Waals surface area contributed by atoms with E-state index in [9.17, 15) is 4.79 Å². The quantitative estimate of drug-likeness (QED) is 0.657. The lowest BCUT2D eigenvalue weighted by molar-refractivity contribution is 0.0678. The van der Waals surface area contributed by atoms with E-state index in [1.807, 2.05) is 55.6 Å². The van der Waals surface area contributed by atoms with Gasteiger partial charge in [0.15, 0.2) is 0 Å². The first-order chi connectivity index (χ1) is 12.7. The number of rotatable bonds is 7. The molecule has 6 nitrogen and oxygen atoms in total. The highest BCUT2D eigenvalue weighted by Gasteiger charge is 2.16. The first-order valence-corrected chi connectivity index (χ1v) is 8.47. The van der Waals surface area contributed by atoms with Crippen molar-refractivity contribution < 1.29 is 9.53 Å². The molecule has 0 atom stereocenters. The molecule has 1 aromatic carbocycles. The number of benzene rings is 1. The Labute approximate surface area is 153 Å². The van der Waals surface area contributed by atoms with E-state index >= 15 is 0 Å². The van der Waals surface area contributed by atoms with Crippen molar-refractivity contribution >= 4 is 5.91 Å². The third kappa shape index (κ3) is 4.34. The molecule has 1 amide bonds. The van der Waals surface area contributed by atoms with Gasteiger partial charge >= 0.3 is 0 Å². The molecule has 6 heteroatoms. The molecule has 0 fully saturated rings. The first kappa shape index (κ1) is 17.8. The van der Waals surface area contributed by atoms with Crippen LogP contribution in [0.4, 0.5) is 0 Å². The van der Waals surface area contributed by atoms with E-state index in [1.165, 1.54) is 0 Å². The molecular weight excluding hydrogens is 328 g/mol. The van der Waals surface area contributed by atoms with Crippen LogP contribution in [0, 0.1) is 6.92 Å². The first-order valence-electron chi connectivity index (χ1n) is 8.47. The summed E-state index contributed by atoms with van der Waals surface area (Å²) < 4.78 is 6.94. The zero-order valence-electron chi connectivity index (χ0n) is 15.0. The van der Waals surface area contributed by atoms with Crippen molar-refractivity contribution in [2.75, 3.05) is 20.3 Å². The highest BCUT2D eigenvalue weighted by atomic mass is 16.5. The van der Waals surface area contributed by atoms with Gasteiger partial charge in [-0.1, -0.05) is 6.07 Å². The van der Waals surface area contributed by atoms with Crippen molar-refractivity contribution in [1.29, 1.82) is 0 Å². The van der Waals surface area contributed by atoms with Crippen molar-refractivity contribution in [2.45, 2.75) is 13.5 Å². The largest absolute Gasteiger partial charge is 0.383 e. The SMILES string of the molecule is COCCN(Cc1ccccn1)C(=O)c1ccc(-n2cc(C)cn2)cc1. The summed E-state index contributed by atoms with van der Waals surface area (Å²) in [5.74, 6) is -0.0455. The van der Waals surface area contributed by atoms with E-state index < -0.39 is 0 Å². The van der Waals surface area contributed by atoms with Gasteiger partial charge in [0.2, 0.25) is 0 Å². The summed E-state index contributed by atoms with van der Waals surface area (Å²) in [5.41, 5.74) is 3.49. The molecule has 0 aliphatic rings. The highest BCUT2D eigenvalue weighted by Crippen LogP contribution is 2.13. The number of methoxy groups -OCH3 is 1. The van der Waals surface area contributed by atoms with Crippen molar-refractivity contribution in [3.05, 3.63) is 77.9 Å². The van der Waals surface area contributed by atoms with Crippen molar-refractivity contribution in [3.8, 4) is 5.69 Å². The normalized spacial score (nSPS) is 10.7. The Hall–Kier alpha value is -2.99. The van der Waals surface area contributed by atoms with Crippen LogP contribution in [0.5, 0.6) is 0 Å². The predicted molar refractivity (Wildman–Crippen MR) is 99.2 cm³/mol. The van der Waals surface area contributed by atoms with Crippen LogP contribution in [-0.2, 0) is 11.3 Å². The number of amides is 1. The summed E-state index contributed by atoms with van der Waals surface area (Å²) in [7, 11) is 1.63. The number of aromatic nitrogens is 3. The second-order valence-electron chi connectivity index (χ2n) is 6.05. The Morgan fingerprint density at radius 3 is 2.62 bits per heavy atom. The van der Waals surface area contributed by atoms with Gasteiger partial charge in [-0.3, -0.25) is 9.78 Å². The molecule has 0 aliphatic heterocycles. The van der Waals surface area contributed by atoms with Crippen LogP contribution in [0.3, 0.4) is 0 Å². The van der Waals surface area contributed by atoms with Gasteiger partial charge in [-0.05, 0) is 48.9 Å². The molecule has 0 spiro atoms. The van der Waals surface area contributed by atoms with Gasteiger partial charge in [-0.25, -0.2) is 4.68 Å². The molecule has 0 saturated carbocycles. The standard InChI is InChI=1S/C20H22N4O2/c1-16-13-22-24(14-16)19-8-6-17(7-9-19)20(25)23(11-12-26-2)15-18-5-3-4-10-21-18/h3-10,13-14H,11-12,15H2,1-2H3. The maximum atomic E-state index is 12.9. The molecule has 0 unspecified atom stereocenters. The molecule has 2 heterocycles. The summed E-state index contributed by atoms with van der Waals surface area (Å²) in [4.78, 5) is 19.0. The molecule has 26 heavy (non-hydrogen) atoms. The smallest absolute Gasteiger partial charge is 0.254 e. The highest BCUT2D eigenvalue weighted by molar-refractivity contribution is 5.94. The summed E-state index contributed by atoms with van der Waals surface area (Å²) in [6, 6.07) is 13.1. The summed E-state index contributed by atoms with van der Waals surface area (Å²) in [6.45, 7) is 3.42. The number of carbonyl (C=O) groups is 1. The molecule has 134 valence electrons. The molecule has 0 N–H and O–H groups in total. The van der Waals surface area contributed by atoms with Gasteiger partial charge in [-0.15, -0.1) is 0 Å². The molecule has 0 saturated heterocycles.